The van der Waals surface area contributed by atoms with Crippen LogP contribution in [0.1, 0.15) is 66.4 Å². The molecule has 1 aromatic rings. The van der Waals surface area contributed by atoms with Gasteiger partial charge in [-0.25, -0.2) is 4.79 Å². The summed E-state index contributed by atoms with van der Waals surface area (Å²) in [4.78, 5) is 102. The largest absolute Gasteiger partial charge is 0.481 e. The summed E-state index contributed by atoms with van der Waals surface area (Å²) in [6.07, 6.45) is -1.47. The lowest BCUT2D eigenvalue weighted by Crippen LogP contribution is -2.61. The Balaban J connectivity index is 3.19. The molecule has 0 bridgehead atoms. The third kappa shape index (κ3) is 15.6. The number of amides is 5. The lowest BCUT2D eigenvalue weighted by Gasteiger charge is -2.29. The van der Waals surface area contributed by atoms with E-state index in [0.717, 1.165) is 12.7 Å². The Morgan fingerprint density at radius 3 is 1.55 bits per heavy atom. The van der Waals surface area contributed by atoms with Gasteiger partial charge in [0.1, 0.15) is 30.2 Å². The van der Waals surface area contributed by atoms with Crippen LogP contribution in [0.15, 0.2) is 30.3 Å². The number of hydrogen-bond donors (Lipinski definition) is 8. The second-order valence-corrected chi connectivity index (χ2v) is 13.3. The minimum Gasteiger partial charge on any atom is -0.481 e. The van der Waals surface area contributed by atoms with E-state index in [-0.39, 0.29) is 18.8 Å². The Kier molecular flexibility index (Phi) is 18.3. The topological polar surface area (TPSA) is 272 Å². The molecule has 0 unspecified atom stereocenters. The molecule has 284 valence electrons. The maximum absolute atomic E-state index is 13.5. The monoisotopic (exact) mass is 720 g/mol. The molecule has 0 heterocycles. The summed E-state index contributed by atoms with van der Waals surface area (Å²) >= 11 is 0. The molecule has 0 saturated heterocycles. The van der Waals surface area contributed by atoms with Gasteiger partial charge >= 0.3 is 17.9 Å². The van der Waals surface area contributed by atoms with Crippen LogP contribution in [0.25, 0.3) is 0 Å². The van der Waals surface area contributed by atoms with Gasteiger partial charge < -0.3 is 47.3 Å². The molecule has 0 aliphatic rings. The first kappa shape index (κ1) is 44.0. The van der Waals surface area contributed by atoms with E-state index in [4.69, 9.17) is 5.73 Å². The molecule has 0 spiro atoms. The van der Waals surface area contributed by atoms with Crippen molar-refractivity contribution < 1.29 is 53.3 Å². The molecule has 0 aliphatic heterocycles. The van der Waals surface area contributed by atoms with Gasteiger partial charge in [-0.15, -0.1) is 0 Å². The zero-order valence-corrected chi connectivity index (χ0v) is 30.1. The van der Waals surface area contributed by atoms with Gasteiger partial charge in [0.05, 0.1) is 26.0 Å². The van der Waals surface area contributed by atoms with Crippen LogP contribution >= 0.6 is 0 Å². The van der Waals surface area contributed by atoms with E-state index in [2.05, 4.69) is 31.3 Å². The third-order valence-corrected chi connectivity index (χ3v) is 7.69. The van der Waals surface area contributed by atoms with Gasteiger partial charge in [-0.1, -0.05) is 71.9 Å². The highest BCUT2D eigenvalue weighted by atomic mass is 16.5. The van der Waals surface area contributed by atoms with E-state index in [9.17, 15) is 48.6 Å². The van der Waals surface area contributed by atoms with E-state index in [1.54, 1.807) is 53.7 Å². The number of aliphatic carboxylic acids is 2. The van der Waals surface area contributed by atoms with Crippen molar-refractivity contribution in [2.24, 2.45) is 23.5 Å². The summed E-state index contributed by atoms with van der Waals surface area (Å²) in [6, 6.07) is 0.782. The highest BCUT2D eigenvalue weighted by Gasteiger charge is 2.36. The standard InChI is InChI=1S/C34H52N6O11/c1-17(2)13-24(34(49)50)38-30(45)22(15-25(41)42)36-31(46)23(16-26(43)51-7)37-32(47)27(18(3)4)40-33(48)28(19(5)6)39-29(44)21(35)14-20-11-9-8-10-12-20/h8-12,17-19,21-24,27-28H,13-16,35H2,1-7H3,(H,36,46)(H,37,47)(H,38,45)(H,39,44)(H,40,48)(H,41,42)(H,49,50)/t21-,22-,23-,24-,27-,28-/m0/s1. The number of rotatable bonds is 21. The van der Waals surface area contributed by atoms with E-state index >= 15 is 0 Å². The highest BCUT2D eigenvalue weighted by Crippen LogP contribution is 2.10. The number of nitrogens with two attached hydrogens (primary N) is 1. The van der Waals surface area contributed by atoms with Crippen LogP contribution in [0.4, 0.5) is 0 Å². The lowest BCUT2D eigenvalue weighted by atomic mass is 9.98. The molecule has 0 radical (unpaired) electrons. The Bertz CT molecular complexity index is 1390. The van der Waals surface area contributed by atoms with Gasteiger partial charge in [0, 0.05) is 0 Å². The van der Waals surface area contributed by atoms with E-state index in [0.29, 0.717) is 0 Å². The SMILES string of the molecule is COC(=O)C[C@H](NC(=O)[C@@H](NC(=O)[C@@H](NC(=O)[C@@H](N)Cc1ccccc1)C(C)C)C(C)C)C(=O)N[C@@H](CC(=O)O)C(=O)N[C@@H](CC(C)C)C(=O)O. The summed E-state index contributed by atoms with van der Waals surface area (Å²) in [5.74, 6) is -9.50. The quantitative estimate of drug-likeness (QED) is 0.0744. The smallest absolute Gasteiger partial charge is 0.326 e. The van der Waals surface area contributed by atoms with Crippen molar-refractivity contribution in [1.29, 1.82) is 0 Å². The number of carboxylic acid groups (broad SMARTS) is 2. The summed E-state index contributed by atoms with van der Waals surface area (Å²) in [5.41, 5.74) is 6.92. The minimum atomic E-state index is -1.79. The Morgan fingerprint density at radius 2 is 1.10 bits per heavy atom. The number of carbonyl (C=O) groups excluding carboxylic acids is 6. The van der Waals surface area contributed by atoms with Crippen LogP contribution in [-0.4, -0.2) is 101 Å². The second-order valence-electron chi connectivity index (χ2n) is 13.3. The zero-order valence-electron chi connectivity index (χ0n) is 30.1. The van der Waals surface area contributed by atoms with Crippen LogP contribution in [-0.2, 0) is 49.5 Å². The van der Waals surface area contributed by atoms with Gasteiger partial charge in [-0.2, -0.15) is 0 Å². The van der Waals surface area contributed by atoms with Crippen LogP contribution in [0.3, 0.4) is 0 Å². The predicted molar refractivity (Wildman–Crippen MR) is 183 cm³/mol. The first-order valence-electron chi connectivity index (χ1n) is 16.6. The van der Waals surface area contributed by atoms with Crippen molar-refractivity contribution >= 4 is 47.4 Å². The van der Waals surface area contributed by atoms with Crippen LogP contribution in [0.5, 0.6) is 0 Å². The molecule has 17 nitrogen and oxygen atoms in total. The van der Waals surface area contributed by atoms with Crippen molar-refractivity contribution in [2.45, 2.75) is 103 Å². The molecule has 0 saturated carbocycles. The molecular weight excluding hydrogens is 668 g/mol. The molecule has 1 rings (SSSR count). The zero-order chi connectivity index (χ0) is 39.0. The fourth-order valence-electron chi connectivity index (χ4n) is 4.88. The van der Waals surface area contributed by atoms with Crippen molar-refractivity contribution in [3.63, 3.8) is 0 Å². The average Bonchev–Trinajstić information content (AvgIpc) is 3.04. The Hall–Kier alpha value is -5.06. The molecule has 0 aliphatic carbocycles. The summed E-state index contributed by atoms with van der Waals surface area (Å²) in [7, 11) is 1.03. The molecule has 5 amide bonds. The highest BCUT2D eigenvalue weighted by molar-refractivity contribution is 5.98. The lowest BCUT2D eigenvalue weighted by molar-refractivity contribution is -0.146. The molecule has 9 N–H and O–H groups in total. The van der Waals surface area contributed by atoms with Crippen LogP contribution < -0.4 is 32.3 Å². The maximum atomic E-state index is 13.5. The van der Waals surface area contributed by atoms with Crippen molar-refractivity contribution in [1.82, 2.24) is 26.6 Å². The van der Waals surface area contributed by atoms with E-state index < -0.39 is 108 Å². The van der Waals surface area contributed by atoms with Crippen LogP contribution in [0, 0.1) is 17.8 Å². The summed E-state index contributed by atoms with van der Waals surface area (Å²) in [5, 5.41) is 30.9. The molecule has 6 atom stereocenters. The molecular formula is C34H52N6O11. The fourth-order valence-corrected chi connectivity index (χ4v) is 4.88. The molecule has 0 fully saturated rings. The first-order valence-corrected chi connectivity index (χ1v) is 16.6. The number of nitrogens with one attached hydrogen (secondary N) is 5. The molecule has 51 heavy (non-hydrogen) atoms. The van der Waals surface area contributed by atoms with Crippen LogP contribution in [0.2, 0.25) is 0 Å². The van der Waals surface area contributed by atoms with Gasteiger partial charge in [0.2, 0.25) is 29.5 Å². The van der Waals surface area contributed by atoms with Gasteiger partial charge in [-0.05, 0) is 36.2 Å². The number of hydrogen-bond acceptors (Lipinski definition) is 10. The molecule has 1 aromatic carbocycles. The van der Waals surface area contributed by atoms with Crippen molar-refractivity contribution in [3.05, 3.63) is 35.9 Å². The number of methoxy groups -OCH3 is 1. The number of carboxylic acids is 2. The first-order chi connectivity index (χ1) is 23.8. The van der Waals surface area contributed by atoms with Gasteiger partial charge in [-0.3, -0.25) is 33.6 Å². The number of esters is 1. The molecule has 0 aromatic heterocycles. The summed E-state index contributed by atoms with van der Waals surface area (Å²) in [6.45, 7) is 9.99. The average molecular weight is 721 g/mol. The van der Waals surface area contributed by atoms with Gasteiger partial charge in [0.15, 0.2) is 0 Å². The normalized spacial score (nSPS) is 14.6. The Labute approximate surface area is 297 Å². The van der Waals surface area contributed by atoms with Crippen molar-refractivity contribution in [3.8, 4) is 0 Å². The Morgan fingerprint density at radius 1 is 0.647 bits per heavy atom. The van der Waals surface area contributed by atoms with Gasteiger partial charge in [0.25, 0.3) is 0 Å². The van der Waals surface area contributed by atoms with E-state index in [1.807, 2.05) is 18.2 Å². The van der Waals surface area contributed by atoms with Crippen molar-refractivity contribution in [2.75, 3.05) is 7.11 Å². The maximum Gasteiger partial charge on any atom is 0.326 e. The fraction of sp³-hybridized carbons (Fsp3) is 0.588. The molecule has 17 heteroatoms. The minimum absolute atomic E-state index is 0.0139. The number of benzene rings is 1. The number of carbonyl (C=O) groups is 8. The number of ether oxygens (including phenoxy) is 1. The van der Waals surface area contributed by atoms with E-state index in [1.165, 1.54) is 0 Å². The second kappa shape index (κ2) is 21.2. The third-order valence-electron chi connectivity index (χ3n) is 7.69. The predicted octanol–water partition coefficient (Wildman–Crippen LogP) is -0.539. The summed E-state index contributed by atoms with van der Waals surface area (Å²) < 4.78 is 4.64.